The van der Waals surface area contributed by atoms with Gasteiger partial charge in [-0.2, -0.15) is 0 Å². The van der Waals surface area contributed by atoms with Gasteiger partial charge in [0.1, 0.15) is 5.71 Å². The summed E-state index contributed by atoms with van der Waals surface area (Å²) in [5, 5.41) is 6.38. The molecule has 0 saturated heterocycles. The van der Waals surface area contributed by atoms with Gasteiger partial charge in [-0.25, -0.2) is 4.79 Å². The highest BCUT2D eigenvalue weighted by molar-refractivity contribution is 7.99. The Bertz CT molecular complexity index is 1810. The Morgan fingerprint density at radius 3 is 2.10 bits per heavy atom. The van der Waals surface area contributed by atoms with Gasteiger partial charge in [0.25, 0.3) is 0 Å². The lowest BCUT2D eigenvalue weighted by Gasteiger charge is -2.07. The lowest BCUT2D eigenvalue weighted by molar-refractivity contribution is -0.143. The fraction of sp³-hybridized carbons (Fsp3) is 0.176. The first-order valence-corrected chi connectivity index (χ1v) is 15.1. The summed E-state index contributed by atoms with van der Waals surface area (Å²) in [5.74, 6) is -0.334. The van der Waals surface area contributed by atoms with Crippen LogP contribution in [0.25, 0.3) is 21.8 Å². The van der Waals surface area contributed by atoms with Gasteiger partial charge in [0.15, 0.2) is 5.78 Å². The molecule has 0 bridgehead atoms. The molecule has 6 nitrogen and oxygen atoms in total. The van der Waals surface area contributed by atoms with E-state index in [1.807, 2.05) is 72.8 Å². The molecule has 5 rings (SSSR count). The number of carbonyl (C=O) groups is 3. The van der Waals surface area contributed by atoms with E-state index < -0.39 is 5.97 Å². The zero-order valence-electron chi connectivity index (χ0n) is 23.3. The molecule has 0 amide bonds. The Kier molecular flexibility index (Phi) is 9.20. The maximum absolute atomic E-state index is 13.7. The monoisotopic (exact) mass is 596 g/mol. The van der Waals surface area contributed by atoms with E-state index >= 15 is 0 Å². The molecule has 0 unspecified atom stereocenters. The molecule has 4 aromatic carbocycles. The summed E-state index contributed by atoms with van der Waals surface area (Å²) in [4.78, 5) is 44.9. The molecule has 0 spiro atoms. The second kappa shape index (κ2) is 13.2. The summed E-state index contributed by atoms with van der Waals surface area (Å²) < 4.78 is 2.16. The van der Waals surface area contributed by atoms with Gasteiger partial charge in [-0.3, -0.25) is 9.59 Å². The van der Waals surface area contributed by atoms with Crippen molar-refractivity contribution in [2.24, 2.45) is 5.16 Å². The van der Waals surface area contributed by atoms with Gasteiger partial charge in [-0.1, -0.05) is 54.0 Å². The zero-order chi connectivity index (χ0) is 29.6. The van der Waals surface area contributed by atoms with Crippen LogP contribution in [0.4, 0.5) is 0 Å². The average molecular weight is 597 g/mol. The molecule has 42 heavy (non-hydrogen) atoms. The third-order valence-electron chi connectivity index (χ3n) is 6.97. The smallest absolute Gasteiger partial charge is 0.334 e. The molecule has 0 saturated carbocycles. The molecule has 212 valence electrons. The van der Waals surface area contributed by atoms with Crippen molar-refractivity contribution in [3.63, 3.8) is 0 Å². The number of benzene rings is 4. The predicted molar refractivity (Wildman–Crippen MR) is 170 cm³/mol. The number of hydrogen-bond acceptors (Lipinski definition) is 6. The summed E-state index contributed by atoms with van der Waals surface area (Å²) in [7, 11) is 0. The van der Waals surface area contributed by atoms with Gasteiger partial charge < -0.3 is 9.40 Å². The first kappa shape index (κ1) is 29.3. The number of thioether (sulfide) groups is 1. The van der Waals surface area contributed by atoms with Crippen LogP contribution in [0.15, 0.2) is 101 Å². The van der Waals surface area contributed by atoms with Crippen molar-refractivity contribution in [1.29, 1.82) is 0 Å². The van der Waals surface area contributed by atoms with Crippen LogP contribution >= 0.6 is 23.4 Å². The predicted octanol–water partition coefficient (Wildman–Crippen LogP) is 8.37. The largest absolute Gasteiger partial charge is 0.341 e. The highest BCUT2D eigenvalue weighted by atomic mass is 35.5. The van der Waals surface area contributed by atoms with Gasteiger partial charge in [0.2, 0.25) is 5.78 Å². The zero-order valence-corrected chi connectivity index (χ0v) is 24.9. The van der Waals surface area contributed by atoms with Gasteiger partial charge in [-0.05, 0) is 67.6 Å². The van der Waals surface area contributed by atoms with Crippen LogP contribution < -0.4 is 0 Å². The molecule has 1 heterocycles. The molecule has 0 fully saturated rings. The summed E-state index contributed by atoms with van der Waals surface area (Å²) in [6.45, 7) is 4.46. The third-order valence-corrected chi connectivity index (χ3v) is 8.24. The van der Waals surface area contributed by atoms with Crippen molar-refractivity contribution in [2.75, 3.05) is 5.75 Å². The first-order valence-electron chi connectivity index (χ1n) is 13.7. The maximum Gasteiger partial charge on any atom is 0.334 e. The van der Waals surface area contributed by atoms with Crippen LogP contribution in [0.3, 0.4) is 0 Å². The van der Waals surface area contributed by atoms with Gasteiger partial charge >= 0.3 is 5.97 Å². The number of aryl methyl sites for hydroxylation is 1. The van der Waals surface area contributed by atoms with E-state index in [9.17, 15) is 14.4 Å². The number of ketones is 2. The molecule has 5 aromatic rings. The van der Waals surface area contributed by atoms with Crippen molar-refractivity contribution in [1.82, 2.24) is 4.57 Å². The fourth-order valence-electron chi connectivity index (χ4n) is 4.82. The second-order valence-electron chi connectivity index (χ2n) is 9.64. The van der Waals surface area contributed by atoms with E-state index in [-0.39, 0.29) is 23.7 Å². The molecule has 0 aliphatic carbocycles. The average Bonchev–Trinajstić information content (AvgIpc) is 3.35. The Balaban J connectivity index is 1.49. The number of carbonyl (C=O) groups excluding carboxylic acids is 3. The summed E-state index contributed by atoms with van der Waals surface area (Å²) in [6.07, 6.45) is 0.449. The number of nitrogens with zero attached hydrogens (tertiary/aromatic N) is 2. The normalized spacial score (nSPS) is 11.6. The summed E-state index contributed by atoms with van der Waals surface area (Å²) in [6, 6.07) is 27.9. The minimum Gasteiger partial charge on any atom is -0.341 e. The standard InChI is InChI=1S/C34H29ClN2O4S/c1-3-32(38)41-36-29(18-19-42-26-14-12-25(35)13-15-26)34(40)24-11-17-31-28(21-24)27-20-23(10-16-30(27)37(31)4-2)33(39)22-8-6-5-7-9-22/h5-17,20-21H,3-4,18-19H2,1-2H3. The SMILES string of the molecule is CCC(=O)ON=C(CCSc1ccc(Cl)cc1)C(=O)c1ccc2c(c1)c1cc(C(=O)c3ccccc3)ccc1n2CC. The van der Waals surface area contributed by atoms with E-state index in [0.29, 0.717) is 33.9 Å². The Morgan fingerprint density at radius 2 is 1.45 bits per heavy atom. The Morgan fingerprint density at radius 1 is 0.810 bits per heavy atom. The first-order chi connectivity index (χ1) is 20.4. The molecule has 0 aliphatic rings. The molecule has 0 radical (unpaired) electrons. The van der Waals surface area contributed by atoms with Crippen molar-refractivity contribution in [3.05, 3.63) is 113 Å². The van der Waals surface area contributed by atoms with Crippen LogP contribution in [0.1, 0.15) is 53.0 Å². The second-order valence-corrected chi connectivity index (χ2v) is 11.2. The maximum atomic E-state index is 13.7. The molecule has 0 aliphatic heterocycles. The van der Waals surface area contributed by atoms with Crippen LogP contribution in [0.5, 0.6) is 0 Å². The summed E-state index contributed by atoms with van der Waals surface area (Å²) >= 11 is 7.55. The highest BCUT2D eigenvalue weighted by Gasteiger charge is 2.20. The number of oxime groups is 1. The number of aromatic nitrogens is 1. The quantitative estimate of drug-likeness (QED) is 0.0503. The number of hydrogen-bond donors (Lipinski definition) is 0. The Labute approximate surface area is 253 Å². The lowest BCUT2D eigenvalue weighted by Crippen LogP contribution is -2.17. The van der Waals surface area contributed by atoms with E-state index in [0.717, 1.165) is 33.2 Å². The summed E-state index contributed by atoms with van der Waals surface area (Å²) in [5.41, 5.74) is 3.73. The van der Waals surface area contributed by atoms with Gasteiger partial charge in [0, 0.05) is 73.6 Å². The fourth-order valence-corrected chi connectivity index (χ4v) is 5.80. The van der Waals surface area contributed by atoms with Crippen LogP contribution in [-0.2, 0) is 16.2 Å². The van der Waals surface area contributed by atoms with Crippen LogP contribution in [-0.4, -0.2) is 33.6 Å². The Hall–Kier alpha value is -4.20. The number of rotatable bonds is 11. The van der Waals surface area contributed by atoms with Crippen molar-refractivity contribution >= 4 is 68.4 Å². The molecule has 8 heteroatoms. The van der Waals surface area contributed by atoms with Crippen LogP contribution in [0.2, 0.25) is 5.02 Å². The van der Waals surface area contributed by atoms with Crippen molar-refractivity contribution < 1.29 is 19.2 Å². The van der Waals surface area contributed by atoms with E-state index in [1.54, 1.807) is 36.9 Å². The molecular weight excluding hydrogens is 568 g/mol. The van der Waals surface area contributed by atoms with E-state index in [2.05, 4.69) is 16.6 Å². The van der Waals surface area contributed by atoms with Gasteiger partial charge in [-0.15, -0.1) is 11.8 Å². The van der Waals surface area contributed by atoms with Crippen molar-refractivity contribution in [2.45, 2.75) is 38.1 Å². The van der Waals surface area contributed by atoms with Gasteiger partial charge in [0.05, 0.1) is 0 Å². The lowest BCUT2D eigenvalue weighted by atomic mass is 9.99. The van der Waals surface area contributed by atoms with Crippen molar-refractivity contribution in [3.8, 4) is 0 Å². The minimum atomic E-state index is -0.511. The number of fused-ring (bicyclic) bond motifs is 3. The van der Waals surface area contributed by atoms with E-state index in [1.165, 1.54) is 0 Å². The molecule has 0 atom stereocenters. The highest BCUT2D eigenvalue weighted by Crippen LogP contribution is 2.32. The minimum absolute atomic E-state index is 0.0625. The molecular formula is C34H29ClN2O4S. The molecule has 0 N–H and O–H groups in total. The number of Topliss-reactive ketones (excluding diaryl/α,β-unsaturated/α-hetero) is 1. The topological polar surface area (TPSA) is 77.7 Å². The molecule has 1 aromatic heterocycles. The number of halogens is 1. The van der Waals surface area contributed by atoms with Crippen LogP contribution in [0, 0.1) is 0 Å². The third kappa shape index (κ3) is 6.32. The van der Waals surface area contributed by atoms with E-state index in [4.69, 9.17) is 16.4 Å².